The Morgan fingerprint density at radius 2 is 2.05 bits per heavy atom. The van der Waals surface area contributed by atoms with E-state index in [1.54, 1.807) is 7.11 Å². The van der Waals surface area contributed by atoms with Crippen molar-refractivity contribution in [2.75, 3.05) is 20.2 Å². The van der Waals surface area contributed by atoms with Gasteiger partial charge in [0.05, 0.1) is 12.7 Å². The predicted molar refractivity (Wildman–Crippen MR) is 83.1 cm³/mol. The number of ether oxygens (including phenoxy) is 1. The number of fused-ring (bicyclic) bond motifs is 1. The van der Waals surface area contributed by atoms with Crippen molar-refractivity contribution in [1.82, 2.24) is 4.90 Å². The van der Waals surface area contributed by atoms with Crippen LogP contribution in [0.1, 0.15) is 43.2 Å². The van der Waals surface area contributed by atoms with Crippen molar-refractivity contribution in [2.45, 2.75) is 38.6 Å². The molecule has 0 aromatic heterocycles. The zero-order valence-corrected chi connectivity index (χ0v) is 12.8. The summed E-state index contributed by atoms with van der Waals surface area (Å²) in [5.74, 6) is 2.58. The summed E-state index contributed by atoms with van der Waals surface area (Å²) in [6, 6.07) is 8.14. The molecule has 1 aliphatic carbocycles. The molecule has 21 heavy (non-hydrogen) atoms. The molecule has 112 valence electrons. The van der Waals surface area contributed by atoms with Crippen molar-refractivity contribution in [3.05, 3.63) is 29.3 Å². The first-order chi connectivity index (χ1) is 10.3. The minimum Gasteiger partial charge on any atom is -0.495 e. The van der Waals surface area contributed by atoms with Crippen molar-refractivity contribution >= 4 is 0 Å². The summed E-state index contributed by atoms with van der Waals surface area (Å²) in [6.07, 6.45) is 7.08. The topological polar surface area (TPSA) is 36.3 Å². The molecule has 3 rings (SSSR count). The molecule has 2 fully saturated rings. The van der Waals surface area contributed by atoms with Gasteiger partial charge >= 0.3 is 0 Å². The number of likely N-dealkylation sites (tertiary alicyclic amines) is 1. The zero-order chi connectivity index (χ0) is 14.7. The lowest BCUT2D eigenvalue weighted by molar-refractivity contribution is 0.0820. The van der Waals surface area contributed by atoms with E-state index < -0.39 is 0 Å². The first-order valence-corrected chi connectivity index (χ1v) is 8.09. The van der Waals surface area contributed by atoms with Crippen LogP contribution in [0.2, 0.25) is 0 Å². The molecule has 1 aromatic rings. The number of rotatable bonds is 3. The highest BCUT2D eigenvalue weighted by atomic mass is 16.5. The van der Waals surface area contributed by atoms with Crippen LogP contribution in [0.3, 0.4) is 0 Å². The van der Waals surface area contributed by atoms with Crippen LogP contribution in [-0.4, -0.2) is 25.1 Å². The van der Waals surface area contributed by atoms with Crippen molar-refractivity contribution in [3.63, 3.8) is 0 Å². The molecule has 1 heterocycles. The largest absolute Gasteiger partial charge is 0.495 e. The van der Waals surface area contributed by atoms with Crippen molar-refractivity contribution < 1.29 is 4.74 Å². The number of piperidine rings is 1. The van der Waals surface area contributed by atoms with Gasteiger partial charge in [0.25, 0.3) is 0 Å². The summed E-state index contributed by atoms with van der Waals surface area (Å²) in [5, 5.41) is 9.05. The predicted octanol–water partition coefficient (Wildman–Crippen LogP) is 3.58. The van der Waals surface area contributed by atoms with E-state index in [2.05, 4.69) is 17.0 Å². The van der Waals surface area contributed by atoms with Gasteiger partial charge in [-0.3, -0.25) is 4.90 Å². The maximum atomic E-state index is 9.05. The SMILES string of the molecule is COc1cc(CN2CCC3CCCCC3C2)ccc1C#N. The fourth-order valence-corrected chi connectivity index (χ4v) is 4.00. The van der Waals surface area contributed by atoms with E-state index in [0.29, 0.717) is 11.3 Å². The minimum absolute atomic E-state index is 0.618. The molecule has 2 atom stereocenters. The van der Waals surface area contributed by atoms with Crippen LogP contribution in [0, 0.1) is 23.2 Å². The van der Waals surface area contributed by atoms with Crippen molar-refractivity contribution in [3.8, 4) is 11.8 Å². The third kappa shape index (κ3) is 3.22. The number of hydrogen-bond donors (Lipinski definition) is 0. The second-order valence-electron chi connectivity index (χ2n) is 6.47. The van der Waals surface area contributed by atoms with Crippen LogP contribution in [0.4, 0.5) is 0 Å². The van der Waals surface area contributed by atoms with E-state index in [0.717, 1.165) is 18.4 Å². The molecule has 0 amide bonds. The molecule has 0 radical (unpaired) electrons. The standard InChI is InChI=1S/C18H24N2O/c1-21-18-10-14(6-7-16(18)11-19)12-20-9-8-15-4-2-3-5-17(15)13-20/h6-7,10,15,17H,2-5,8-9,12-13H2,1H3. The molecule has 3 nitrogen and oxygen atoms in total. The molecule has 2 unspecified atom stereocenters. The first-order valence-electron chi connectivity index (χ1n) is 8.09. The van der Waals surface area contributed by atoms with E-state index in [4.69, 9.17) is 10.00 Å². The van der Waals surface area contributed by atoms with Gasteiger partial charge in [0.15, 0.2) is 0 Å². The highest BCUT2D eigenvalue weighted by Gasteiger charge is 2.30. The summed E-state index contributed by atoms with van der Waals surface area (Å²) in [7, 11) is 1.63. The van der Waals surface area contributed by atoms with Crippen molar-refractivity contribution in [2.24, 2.45) is 11.8 Å². The Morgan fingerprint density at radius 1 is 1.24 bits per heavy atom. The smallest absolute Gasteiger partial charge is 0.136 e. The molecule has 0 N–H and O–H groups in total. The molecule has 1 aliphatic heterocycles. The van der Waals surface area contributed by atoms with Gasteiger partial charge in [-0.15, -0.1) is 0 Å². The van der Waals surface area contributed by atoms with Gasteiger partial charge in [-0.1, -0.05) is 25.3 Å². The second-order valence-corrected chi connectivity index (χ2v) is 6.47. The van der Waals surface area contributed by atoms with Gasteiger partial charge < -0.3 is 4.74 Å². The van der Waals surface area contributed by atoms with Gasteiger partial charge in [0, 0.05) is 13.1 Å². The van der Waals surface area contributed by atoms with Gasteiger partial charge in [-0.2, -0.15) is 5.26 Å². The summed E-state index contributed by atoms with van der Waals surface area (Å²) in [4.78, 5) is 2.58. The maximum Gasteiger partial charge on any atom is 0.136 e. The maximum absolute atomic E-state index is 9.05. The highest BCUT2D eigenvalue weighted by molar-refractivity contribution is 5.45. The molecular weight excluding hydrogens is 260 g/mol. The van der Waals surface area contributed by atoms with Crippen LogP contribution in [0.15, 0.2) is 18.2 Å². The van der Waals surface area contributed by atoms with Gasteiger partial charge in [-0.25, -0.2) is 0 Å². The average Bonchev–Trinajstić information content (AvgIpc) is 2.54. The molecule has 1 aromatic carbocycles. The van der Waals surface area contributed by atoms with Crippen LogP contribution >= 0.6 is 0 Å². The normalized spacial score (nSPS) is 25.9. The Morgan fingerprint density at radius 3 is 2.81 bits per heavy atom. The molecule has 1 saturated heterocycles. The number of nitrogens with zero attached hydrogens (tertiary/aromatic N) is 2. The van der Waals surface area contributed by atoms with Crippen LogP contribution in [-0.2, 0) is 6.54 Å². The minimum atomic E-state index is 0.618. The van der Waals surface area contributed by atoms with Gasteiger partial charge in [0.2, 0.25) is 0 Å². The number of benzene rings is 1. The van der Waals surface area contributed by atoms with E-state index >= 15 is 0 Å². The molecule has 1 saturated carbocycles. The average molecular weight is 284 g/mol. The van der Waals surface area contributed by atoms with E-state index in [9.17, 15) is 0 Å². The van der Waals surface area contributed by atoms with E-state index in [1.165, 1.54) is 50.8 Å². The number of methoxy groups -OCH3 is 1. The lowest BCUT2D eigenvalue weighted by Crippen LogP contribution is -2.41. The summed E-state index contributed by atoms with van der Waals surface area (Å²) < 4.78 is 5.31. The third-order valence-corrected chi connectivity index (χ3v) is 5.17. The Labute approximate surface area is 127 Å². The highest BCUT2D eigenvalue weighted by Crippen LogP contribution is 2.36. The fraction of sp³-hybridized carbons (Fsp3) is 0.611. The first kappa shape index (κ1) is 14.4. The Bertz CT molecular complexity index is 535. The van der Waals surface area contributed by atoms with Crippen LogP contribution in [0.5, 0.6) is 5.75 Å². The van der Waals surface area contributed by atoms with Crippen LogP contribution < -0.4 is 4.74 Å². The Balaban J connectivity index is 1.65. The van der Waals surface area contributed by atoms with Gasteiger partial charge in [0.1, 0.15) is 11.8 Å². The monoisotopic (exact) mass is 284 g/mol. The lowest BCUT2D eigenvalue weighted by atomic mass is 9.75. The van der Waals surface area contributed by atoms with Crippen molar-refractivity contribution in [1.29, 1.82) is 5.26 Å². The molecule has 2 aliphatic rings. The second kappa shape index (κ2) is 6.49. The third-order valence-electron chi connectivity index (χ3n) is 5.17. The number of hydrogen-bond acceptors (Lipinski definition) is 3. The Hall–Kier alpha value is -1.53. The molecule has 0 bridgehead atoms. The zero-order valence-electron chi connectivity index (χ0n) is 12.8. The quantitative estimate of drug-likeness (QED) is 0.851. The summed E-state index contributed by atoms with van der Waals surface area (Å²) in [5.41, 5.74) is 1.87. The van der Waals surface area contributed by atoms with E-state index in [1.807, 2.05) is 12.1 Å². The fourth-order valence-electron chi connectivity index (χ4n) is 4.00. The summed E-state index contributed by atoms with van der Waals surface area (Å²) >= 11 is 0. The van der Waals surface area contributed by atoms with Gasteiger partial charge in [-0.05, 0) is 48.9 Å². The lowest BCUT2D eigenvalue weighted by Gasteiger charge is -2.41. The van der Waals surface area contributed by atoms with Crippen LogP contribution in [0.25, 0.3) is 0 Å². The molecule has 0 spiro atoms. The molecular formula is C18H24N2O. The van der Waals surface area contributed by atoms with E-state index in [-0.39, 0.29) is 0 Å². The molecule has 3 heteroatoms. The summed E-state index contributed by atoms with van der Waals surface area (Å²) in [6.45, 7) is 3.43. The Kier molecular flexibility index (Phi) is 4.45. The number of nitriles is 1.